The SMILES string of the molecule is O=C1CCCC(=O)N1.O=C1NCc2cc(N3CCN(CC4CCN(c5ccc([C@@H]6c7ccc(O)cc7OC[C@@H]6c6ccccc6)cc5)CC4)CC3)ccc21. The van der Waals surface area contributed by atoms with E-state index in [1.807, 2.05) is 12.1 Å². The lowest BCUT2D eigenvalue weighted by Gasteiger charge is -2.40. The van der Waals surface area contributed by atoms with Crippen molar-refractivity contribution in [3.8, 4) is 11.5 Å². The first-order valence-electron chi connectivity index (χ1n) is 19.4. The Labute approximate surface area is 317 Å². The van der Waals surface area contributed by atoms with Crippen LogP contribution in [0.3, 0.4) is 0 Å². The molecule has 5 aliphatic rings. The third-order valence-corrected chi connectivity index (χ3v) is 11.7. The third kappa shape index (κ3) is 7.94. The first kappa shape index (κ1) is 35.7. The summed E-state index contributed by atoms with van der Waals surface area (Å²) in [5.74, 6) is 1.90. The van der Waals surface area contributed by atoms with Crippen molar-refractivity contribution in [3.63, 3.8) is 0 Å². The van der Waals surface area contributed by atoms with Crippen LogP contribution in [0.1, 0.15) is 76.6 Å². The number of nitrogens with zero attached hydrogens (tertiary/aromatic N) is 3. The van der Waals surface area contributed by atoms with Gasteiger partial charge < -0.3 is 25.0 Å². The van der Waals surface area contributed by atoms with Crippen LogP contribution in [0.5, 0.6) is 11.5 Å². The molecule has 0 radical (unpaired) electrons. The average molecular weight is 728 g/mol. The van der Waals surface area contributed by atoms with Crippen molar-refractivity contribution in [2.24, 2.45) is 5.92 Å². The molecule has 280 valence electrons. The Bertz CT molecular complexity index is 1960. The van der Waals surface area contributed by atoms with Gasteiger partial charge in [-0.3, -0.25) is 24.6 Å². The van der Waals surface area contributed by atoms with Crippen LogP contribution >= 0.6 is 0 Å². The lowest BCUT2D eigenvalue weighted by molar-refractivity contribution is -0.132. The molecule has 3 N–H and O–H groups in total. The van der Waals surface area contributed by atoms with E-state index in [9.17, 15) is 19.5 Å². The summed E-state index contributed by atoms with van der Waals surface area (Å²) in [5, 5.41) is 15.2. The van der Waals surface area contributed by atoms with E-state index in [4.69, 9.17) is 4.74 Å². The average Bonchev–Trinajstić information content (AvgIpc) is 3.58. The first-order valence-corrected chi connectivity index (χ1v) is 19.4. The maximum Gasteiger partial charge on any atom is 0.251 e. The molecule has 54 heavy (non-hydrogen) atoms. The minimum absolute atomic E-state index is 0.0510. The van der Waals surface area contributed by atoms with Gasteiger partial charge in [-0.25, -0.2) is 0 Å². The smallest absolute Gasteiger partial charge is 0.251 e. The highest BCUT2D eigenvalue weighted by Crippen LogP contribution is 2.47. The molecule has 5 aliphatic heterocycles. The summed E-state index contributed by atoms with van der Waals surface area (Å²) >= 11 is 0. The number of nitrogens with one attached hydrogen (secondary N) is 2. The number of anilines is 2. The second-order valence-electron chi connectivity index (χ2n) is 15.2. The Kier molecular flexibility index (Phi) is 10.5. The molecule has 0 aromatic heterocycles. The topological polar surface area (TPSA) is 114 Å². The first-order chi connectivity index (χ1) is 26.4. The summed E-state index contributed by atoms with van der Waals surface area (Å²) in [6.07, 6.45) is 4.17. The van der Waals surface area contributed by atoms with Crippen molar-refractivity contribution in [2.75, 3.05) is 62.2 Å². The van der Waals surface area contributed by atoms with Gasteiger partial charge in [-0.05, 0) is 78.3 Å². The predicted octanol–water partition coefficient (Wildman–Crippen LogP) is 5.80. The van der Waals surface area contributed by atoms with Crippen LogP contribution in [-0.2, 0) is 16.1 Å². The number of benzene rings is 4. The number of amides is 3. The van der Waals surface area contributed by atoms with Crippen molar-refractivity contribution in [1.82, 2.24) is 15.5 Å². The number of carbonyl (C=O) groups excluding carboxylic acids is 3. The van der Waals surface area contributed by atoms with E-state index >= 15 is 0 Å². The molecule has 4 aromatic carbocycles. The van der Waals surface area contributed by atoms with Gasteiger partial charge in [0.2, 0.25) is 11.8 Å². The molecule has 4 aromatic rings. The summed E-state index contributed by atoms with van der Waals surface area (Å²) in [6, 6.07) is 31.7. The summed E-state index contributed by atoms with van der Waals surface area (Å²) in [6.45, 7) is 8.87. The lowest BCUT2D eigenvalue weighted by atomic mass is 9.76. The summed E-state index contributed by atoms with van der Waals surface area (Å²) in [7, 11) is 0. The molecule has 10 nitrogen and oxygen atoms in total. The number of phenolic OH excluding ortho intramolecular Hbond substituents is 1. The number of ether oxygens (including phenoxy) is 1. The molecular weight excluding hydrogens is 679 g/mol. The monoisotopic (exact) mass is 727 g/mol. The Morgan fingerprint density at radius 2 is 1.43 bits per heavy atom. The maximum absolute atomic E-state index is 11.9. The number of phenols is 1. The molecule has 5 heterocycles. The van der Waals surface area contributed by atoms with Crippen LogP contribution in [0, 0.1) is 5.92 Å². The zero-order valence-corrected chi connectivity index (χ0v) is 30.7. The van der Waals surface area contributed by atoms with Crippen LogP contribution in [0.25, 0.3) is 0 Å². The molecule has 3 saturated heterocycles. The summed E-state index contributed by atoms with van der Waals surface area (Å²) < 4.78 is 6.16. The number of carbonyl (C=O) groups is 3. The van der Waals surface area contributed by atoms with Crippen molar-refractivity contribution in [2.45, 2.75) is 50.5 Å². The van der Waals surface area contributed by atoms with Crippen LogP contribution in [0.4, 0.5) is 11.4 Å². The van der Waals surface area contributed by atoms with E-state index in [1.165, 1.54) is 41.9 Å². The van der Waals surface area contributed by atoms with Crippen molar-refractivity contribution >= 4 is 29.1 Å². The van der Waals surface area contributed by atoms with Crippen molar-refractivity contribution < 1.29 is 24.2 Å². The number of rotatable bonds is 6. The molecule has 9 rings (SSSR count). The molecule has 3 amide bonds. The van der Waals surface area contributed by atoms with Gasteiger partial charge in [-0.1, -0.05) is 48.5 Å². The molecule has 0 unspecified atom stereocenters. The zero-order valence-electron chi connectivity index (χ0n) is 30.7. The Morgan fingerprint density at radius 1 is 0.722 bits per heavy atom. The second-order valence-corrected chi connectivity index (χ2v) is 15.2. The van der Waals surface area contributed by atoms with Gasteiger partial charge in [0.1, 0.15) is 11.5 Å². The van der Waals surface area contributed by atoms with Gasteiger partial charge in [0.15, 0.2) is 0 Å². The fraction of sp³-hybridized carbons (Fsp3) is 0.386. The summed E-state index contributed by atoms with van der Waals surface area (Å²) in [5.41, 5.74) is 8.19. The van der Waals surface area contributed by atoms with Crippen LogP contribution < -0.4 is 25.2 Å². The Morgan fingerprint density at radius 3 is 2.13 bits per heavy atom. The molecule has 0 bridgehead atoms. The Balaban J connectivity index is 0.000000461. The third-order valence-electron chi connectivity index (χ3n) is 11.7. The fourth-order valence-corrected chi connectivity index (χ4v) is 8.72. The van der Waals surface area contributed by atoms with E-state index in [1.54, 1.807) is 12.1 Å². The summed E-state index contributed by atoms with van der Waals surface area (Å²) in [4.78, 5) is 40.3. The second kappa shape index (κ2) is 15.9. The maximum atomic E-state index is 11.9. The Hall–Kier alpha value is -5.35. The highest BCUT2D eigenvalue weighted by Gasteiger charge is 2.34. The molecule has 2 atom stereocenters. The number of piperazine rings is 1. The van der Waals surface area contributed by atoms with E-state index in [0.29, 0.717) is 32.4 Å². The quantitative estimate of drug-likeness (QED) is 0.214. The number of imide groups is 1. The van der Waals surface area contributed by atoms with E-state index in [0.717, 1.165) is 67.6 Å². The largest absolute Gasteiger partial charge is 0.508 e. The molecule has 0 aliphatic carbocycles. The minimum Gasteiger partial charge on any atom is -0.508 e. The normalized spacial score (nSPS) is 21.6. The minimum atomic E-state index is -0.138. The van der Waals surface area contributed by atoms with Crippen LogP contribution in [0.2, 0.25) is 0 Å². The highest BCUT2D eigenvalue weighted by molar-refractivity contribution is 5.99. The fourth-order valence-electron chi connectivity index (χ4n) is 8.72. The molecule has 0 saturated carbocycles. The van der Waals surface area contributed by atoms with Gasteiger partial charge in [0.25, 0.3) is 5.91 Å². The van der Waals surface area contributed by atoms with Gasteiger partial charge in [0.05, 0.1) is 6.61 Å². The van der Waals surface area contributed by atoms with Crippen molar-refractivity contribution in [3.05, 3.63) is 119 Å². The molecule has 0 spiro atoms. The van der Waals surface area contributed by atoms with E-state index in [-0.39, 0.29) is 35.3 Å². The van der Waals surface area contributed by atoms with Gasteiger partial charge >= 0.3 is 0 Å². The zero-order chi connectivity index (χ0) is 37.0. The van der Waals surface area contributed by atoms with E-state index < -0.39 is 0 Å². The van der Waals surface area contributed by atoms with Gasteiger partial charge in [-0.15, -0.1) is 0 Å². The highest BCUT2D eigenvalue weighted by atomic mass is 16.5. The lowest BCUT2D eigenvalue weighted by Crippen LogP contribution is -2.49. The van der Waals surface area contributed by atoms with Gasteiger partial charge in [0, 0.05) is 106 Å². The number of piperidine rings is 2. The van der Waals surface area contributed by atoms with E-state index in [2.05, 4.69) is 92.1 Å². The van der Waals surface area contributed by atoms with Crippen LogP contribution in [-0.4, -0.2) is 80.1 Å². The van der Waals surface area contributed by atoms with Crippen LogP contribution in [0.15, 0.2) is 91.0 Å². The predicted molar refractivity (Wildman–Crippen MR) is 209 cm³/mol. The molecule has 10 heteroatoms. The molecule has 3 fully saturated rings. The number of fused-ring (bicyclic) bond motifs is 2. The van der Waals surface area contributed by atoms with Crippen molar-refractivity contribution in [1.29, 1.82) is 0 Å². The molecular formula is C44H49N5O5. The standard InChI is InChI=1S/C39H42N4O3.C5H7NO2/c44-33-11-13-35-37(23-33)46-26-36(28-4-2-1-3-5-28)38(35)29-6-8-31(9-7-29)42-16-14-27(15-17-42)25-41-18-20-43(21-19-41)32-10-12-34-30(22-32)24-40-39(34)45;7-4-2-1-3-5(8)6-4/h1-13,22-23,27,36,38,44H,14-21,24-26H2,(H,40,45);1-3H2,(H,6,7,8)/t36-,38-;/m1./s1. The number of aromatic hydroxyl groups is 1. The number of hydrogen-bond acceptors (Lipinski definition) is 8. The van der Waals surface area contributed by atoms with Gasteiger partial charge in [-0.2, -0.15) is 0 Å². The number of hydrogen-bond donors (Lipinski definition) is 3.